The average molecular weight is 470 g/mol. The van der Waals surface area contributed by atoms with Crippen LogP contribution in [0.2, 0.25) is 0 Å². The maximum atomic E-state index is 13.0. The predicted molar refractivity (Wildman–Crippen MR) is 124 cm³/mol. The molecule has 1 atom stereocenters. The number of ether oxygens (including phenoxy) is 1. The van der Waals surface area contributed by atoms with Crippen LogP contribution in [0.5, 0.6) is 5.75 Å². The van der Waals surface area contributed by atoms with Crippen LogP contribution in [-0.2, 0) is 0 Å². The zero-order valence-corrected chi connectivity index (χ0v) is 18.9. The highest BCUT2D eigenvalue weighted by Gasteiger charge is 2.28. The van der Waals surface area contributed by atoms with Crippen LogP contribution in [0, 0.1) is 5.82 Å². The summed E-state index contributed by atoms with van der Waals surface area (Å²) in [5.74, 6) is -0.00958. The fourth-order valence-corrected chi connectivity index (χ4v) is 4.44. The van der Waals surface area contributed by atoms with Gasteiger partial charge in [0.15, 0.2) is 0 Å². The minimum atomic E-state index is -0.397. The Morgan fingerprint density at radius 1 is 1.09 bits per heavy atom. The van der Waals surface area contributed by atoms with Crippen LogP contribution in [0.1, 0.15) is 40.5 Å². The number of rotatable bonds is 6. The van der Waals surface area contributed by atoms with Crippen molar-refractivity contribution in [1.29, 1.82) is 0 Å². The lowest BCUT2D eigenvalue weighted by atomic mass is 9.99. The predicted octanol–water partition coefficient (Wildman–Crippen LogP) is 4.74. The van der Waals surface area contributed by atoms with Gasteiger partial charge in [-0.15, -0.1) is 10.2 Å². The van der Waals surface area contributed by atoms with Crippen molar-refractivity contribution in [3.8, 4) is 5.75 Å². The van der Waals surface area contributed by atoms with Crippen molar-refractivity contribution in [2.24, 2.45) is 0 Å². The second kappa shape index (κ2) is 10.4. The minimum absolute atomic E-state index is 0.00898. The molecule has 0 saturated carbocycles. The van der Waals surface area contributed by atoms with Crippen molar-refractivity contribution in [1.82, 2.24) is 15.1 Å². The normalized spacial score (nSPS) is 15.7. The summed E-state index contributed by atoms with van der Waals surface area (Å²) in [7, 11) is 0. The van der Waals surface area contributed by atoms with Gasteiger partial charge in [-0.25, -0.2) is 9.18 Å². The zero-order chi connectivity index (χ0) is 23.2. The molecule has 10 heteroatoms. The molecule has 3 amide bonds. The largest absolute Gasteiger partial charge is 0.494 e. The van der Waals surface area contributed by atoms with Gasteiger partial charge in [0.25, 0.3) is 5.91 Å². The summed E-state index contributed by atoms with van der Waals surface area (Å²) >= 11 is 1.21. The highest BCUT2D eigenvalue weighted by molar-refractivity contribution is 7.13. The number of carbonyl (C=O) groups excluding carboxylic acids is 2. The Kier molecular flexibility index (Phi) is 7.13. The van der Waals surface area contributed by atoms with E-state index in [-0.39, 0.29) is 22.8 Å². The standard InChI is InChI=1S/C23H24FN5O3S/c1-2-32-19-11-9-18(10-12-19)26-23(31)29-13-3-4-15(14-29)21-27-28-22(33-21)20(30)25-17-7-5-16(24)6-8-17/h5-12,15H,2-4,13-14H2,1H3,(H,25,30)(H,26,31). The average Bonchev–Trinajstić information content (AvgIpc) is 3.33. The molecule has 4 rings (SSSR count). The number of urea groups is 1. The molecule has 0 radical (unpaired) electrons. The topological polar surface area (TPSA) is 96.4 Å². The summed E-state index contributed by atoms with van der Waals surface area (Å²) in [6.45, 7) is 3.65. The second-order valence-corrected chi connectivity index (χ2v) is 8.59. The van der Waals surface area contributed by atoms with E-state index in [1.165, 1.54) is 35.6 Å². The number of halogens is 1. The fraction of sp³-hybridized carbons (Fsp3) is 0.304. The quantitative estimate of drug-likeness (QED) is 0.544. The Balaban J connectivity index is 1.35. The van der Waals surface area contributed by atoms with Crippen molar-refractivity contribution >= 4 is 34.6 Å². The number of nitrogens with zero attached hydrogens (tertiary/aromatic N) is 3. The fourth-order valence-electron chi connectivity index (χ4n) is 3.58. The summed E-state index contributed by atoms with van der Waals surface area (Å²) in [5.41, 5.74) is 1.18. The molecule has 0 bridgehead atoms. The van der Waals surface area contributed by atoms with Crippen molar-refractivity contribution in [3.63, 3.8) is 0 Å². The molecule has 2 N–H and O–H groups in total. The van der Waals surface area contributed by atoms with Crippen LogP contribution in [-0.4, -0.2) is 46.7 Å². The SMILES string of the molecule is CCOc1ccc(NC(=O)N2CCCC(c3nnc(C(=O)Nc4ccc(F)cc4)s3)C2)cc1. The Hall–Kier alpha value is -3.53. The van der Waals surface area contributed by atoms with Crippen LogP contribution in [0.3, 0.4) is 0 Å². The maximum Gasteiger partial charge on any atom is 0.321 e. The van der Waals surface area contributed by atoms with Gasteiger partial charge in [0.05, 0.1) is 6.61 Å². The van der Waals surface area contributed by atoms with Gasteiger partial charge in [-0.2, -0.15) is 0 Å². The van der Waals surface area contributed by atoms with E-state index in [0.717, 1.165) is 23.6 Å². The first-order valence-corrected chi connectivity index (χ1v) is 11.5. The van der Waals surface area contributed by atoms with E-state index in [9.17, 15) is 14.0 Å². The van der Waals surface area contributed by atoms with E-state index < -0.39 is 5.91 Å². The summed E-state index contributed by atoms with van der Waals surface area (Å²) < 4.78 is 18.5. The molecule has 0 aliphatic carbocycles. The molecule has 2 heterocycles. The number of aromatic nitrogens is 2. The van der Waals surface area contributed by atoms with Crippen LogP contribution in [0.4, 0.5) is 20.6 Å². The molecule has 3 aromatic rings. The van der Waals surface area contributed by atoms with E-state index in [2.05, 4.69) is 20.8 Å². The third-order valence-corrected chi connectivity index (χ3v) is 6.30. The van der Waals surface area contributed by atoms with Crippen LogP contribution >= 0.6 is 11.3 Å². The molecule has 1 aromatic heterocycles. The van der Waals surface area contributed by atoms with Crippen molar-refractivity contribution < 1.29 is 18.7 Å². The van der Waals surface area contributed by atoms with Crippen molar-refractivity contribution in [3.05, 3.63) is 64.4 Å². The number of hydrogen-bond acceptors (Lipinski definition) is 6. The van der Waals surface area contributed by atoms with E-state index in [0.29, 0.717) is 31.1 Å². The third-order valence-electron chi connectivity index (χ3n) is 5.21. The van der Waals surface area contributed by atoms with Gasteiger partial charge in [-0.3, -0.25) is 4.79 Å². The van der Waals surface area contributed by atoms with E-state index in [1.807, 2.05) is 19.1 Å². The lowest BCUT2D eigenvalue weighted by molar-refractivity contribution is 0.102. The number of likely N-dealkylation sites (tertiary alicyclic amines) is 1. The molecule has 2 aromatic carbocycles. The Morgan fingerprint density at radius 3 is 2.52 bits per heavy atom. The van der Waals surface area contributed by atoms with Gasteiger partial charge < -0.3 is 20.3 Å². The smallest absolute Gasteiger partial charge is 0.321 e. The molecule has 33 heavy (non-hydrogen) atoms. The van der Waals surface area contributed by atoms with E-state index in [4.69, 9.17) is 4.74 Å². The molecule has 1 saturated heterocycles. The molecule has 1 aliphatic rings. The lowest BCUT2D eigenvalue weighted by Crippen LogP contribution is -2.41. The zero-order valence-electron chi connectivity index (χ0n) is 18.1. The Labute approximate surface area is 194 Å². The first-order chi connectivity index (χ1) is 16.0. The number of piperidine rings is 1. The first-order valence-electron chi connectivity index (χ1n) is 10.7. The maximum absolute atomic E-state index is 13.0. The van der Waals surface area contributed by atoms with Gasteiger partial charge in [0.1, 0.15) is 16.6 Å². The number of anilines is 2. The third kappa shape index (κ3) is 5.83. The number of carbonyl (C=O) groups is 2. The lowest BCUT2D eigenvalue weighted by Gasteiger charge is -2.31. The number of hydrogen-bond donors (Lipinski definition) is 2. The number of amides is 3. The summed E-state index contributed by atoms with van der Waals surface area (Å²) in [6.07, 6.45) is 1.69. The number of benzene rings is 2. The van der Waals surface area contributed by atoms with Crippen LogP contribution < -0.4 is 15.4 Å². The van der Waals surface area contributed by atoms with Crippen molar-refractivity contribution in [2.75, 3.05) is 30.3 Å². The monoisotopic (exact) mass is 469 g/mol. The second-order valence-electron chi connectivity index (χ2n) is 7.58. The van der Waals surface area contributed by atoms with E-state index >= 15 is 0 Å². The van der Waals surface area contributed by atoms with Crippen LogP contribution in [0.15, 0.2) is 48.5 Å². The molecular formula is C23H24FN5O3S. The van der Waals surface area contributed by atoms with Gasteiger partial charge in [-0.05, 0) is 68.3 Å². The summed E-state index contributed by atoms with van der Waals surface area (Å²) in [4.78, 5) is 27.0. The molecule has 8 nitrogen and oxygen atoms in total. The molecule has 0 spiro atoms. The molecule has 172 valence electrons. The summed E-state index contributed by atoms with van der Waals surface area (Å²) in [5, 5.41) is 14.8. The Morgan fingerprint density at radius 2 is 1.79 bits per heavy atom. The molecular weight excluding hydrogens is 445 g/mol. The minimum Gasteiger partial charge on any atom is -0.494 e. The summed E-state index contributed by atoms with van der Waals surface area (Å²) in [6, 6.07) is 12.6. The molecule has 1 aliphatic heterocycles. The first kappa shape index (κ1) is 22.7. The van der Waals surface area contributed by atoms with Gasteiger partial charge in [0.2, 0.25) is 5.01 Å². The van der Waals surface area contributed by atoms with Crippen molar-refractivity contribution in [2.45, 2.75) is 25.7 Å². The van der Waals surface area contributed by atoms with Gasteiger partial charge in [-0.1, -0.05) is 11.3 Å². The van der Waals surface area contributed by atoms with E-state index in [1.54, 1.807) is 17.0 Å². The molecule has 1 fully saturated rings. The molecule has 1 unspecified atom stereocenters. The highest BCUT2D eigenvalue weighted by atomic mass is 32.1. The Bertz CT molecular complexity index is 1100. The number of nitrogens with one attached hydrogen (secondary N) is 2. The highest BCUT2D eigenvalue weighted by Crippen LogP contribution is 2.30. The van der Waals surface area contributed by atoms with Gasteiger partial charge in [0, 0.05) is 30.4 Å². The van der Waals surface area contributed by atoms with Gasteiger partial charge >= 0.3 is 6.03 Å². The van der Waals surface area contributed by atoms with Crippen LogP contribution in [0.25, 0.3) is 0 Å².